The monoisotopic (exact) mass is 308 g/mol. The van der Waals surface area contributed by atoms with E-state index in [-0.39, 0.29) is 15.5 Å². The van der Waals surface area contributed by atoms with Crippen LogP contribution in [0.1, 0.15) is 5.56 Å². The highest BCUT2D eigenvalue weighted by Gasteiger charge is 2.31. The van der Waals surface area contributed by atoms with E-state index in [1.807, 2.05) is 0 Å². The Labute approximate surface area is 99.6 Å². The van der Waals surface area contributed by atoms with Gasteiger partial charge in [0.25, 0.3) is 0 Å². The molecule has 0 atom stereocenters. The number of H-pyrrole nitrogens is 2. The largest absolute Gasteiger partial charge is 0.416 e. The van der Waals surface area contributed by atoms with Crippen LogP contribution < -0.4 is 11.1 Å². The molecule has 90 valence electrons. The number of rotatable bonds is 0. The minimum absolute atomic E-state index is 0.0516. The second-order valence-electron chi connectivity index (χ2n) is 3.29. The number of hydrogen-bond acceptors (Lipinski definition) is 2. The van der Waals surface area contributed by atoms with Gasteiger partial charge in [-0.2, -0.15) is 13.2 Å². The molecule has 4 nitrogen and oxygen atoms in total. The van der Waals surface area contributed by atoms with E-state index in [2.05, 4.69) is 25.9 Å². The summed E-state index contributed by atoms with van der Waals surface area (Å²) >= 11 is 2.91. The van der Waals surface area contributed by atoms with Crippen LogP contribution >= 0.6 is 15.9 Å². The zero-order chi connectivity index (χ0) is 12.8. The lowest BCUT2D eigenvalue weighted by molar-refractivity contribution is -0.137. The predicted molar refractivity (Wildman–Crippen MR) is 57.9 cm³/mol. The predicted octanol–water partition coefficient (Wildman–Crippen LogP) is 2.00. The van der Waals surface area contributed by atoms with Gasteiger partial charge in [-0.25, -0.2) is 0 Å². The van der Waals surface area contributed by atoms with E-state index in [0.717, 1.165) is 12.1 Å². The average molecular weight is 309 g/mol. The van der Waals surface area contributed by atoms with Gasteiger partial charge in [0.05, 0.1) is 16.6 Å². The molecule has 0 aliphatic heterocycles. The molecule has 17 heavy (non-hydrogen) atoms. The number of hydrogen-bond donors (Lipinski definition) is 2. The van der Waals surface area contributed by atoms with E-state index in [4.69, 9.17) is 0 Å². The number of fused-ring (bicyclic) bond motifs is 1. The molecule has 0 spiro atoms. The molecule has 2 rings (SSSR count). The van der Waals surface area contributed by atoms with E-state index >= 15 is 0 Å². The molecule has 0 unspecified atom stereocenters. The van der Waals surface area contributed by atoms with Gasteiger partial charge in [0.15, 0.2) is 0 Å². The number of nitrogens with one attached hydrogen (secondary N) is 2. The van der Waals surface area contributed by atoms with E-state index in [1.54, 1.807) is 0 Å². The van der Waals surface area contributed by atoms with Crippen LogP contribution in [0.5, 0.6) is 0 Å². The maximum atomic E-state index is 12.5. The Morgan fingerprint density at radius 2 is 1.65 bits per heavy atom. The van der Waals surface area contributed by atoms with Gasteiger partial charge in [-0.1, -0.05) is 0 Å². The summed E-state index contributed by atoms with van der Waals surface area (Å²) in [6.07, 6.45) is -4.52. The zero-order valence-corrected chi connectivity index (χ0v) is 9.57. The van der Waals surface area contributed by atoms with Crippen molar-refractivity contribution in [1.82, 2.24) is 9.97 Å². The molecule has 0 fully saturated rings. The van der Waals surface area contributed by atoms with Gasteiger partial charge >= 0.3 is 17.3 Å². The Balaban J connectivity index is 2.87. The van der Waals surface area contributed by atoms with Gasteiger partial charge in [0.1, 0.15) is 0 Å². The Morgan fingerprint density at radius 1 is 1.06 bits per heavy atom. The first-order valence-corrected chi connectivity index (χ1v) is 5.11. The molecule has 1 aromatic carbocycles. The first-order chi connectivity index (χ1) is 7.79. The Morgan fingerprint density at radius 3 is 2.24 bits per heavy atom. The van der Waals surface area contributed by atoms with Crippen molar-refractivity contribution in [1.29, 1.82) is 0 Å². The Hall–Kier alpha value is -1.57. The van der Waals surface area contributed by atoms with Crippen LogP contribution in [0, 0.1) is 0 Å². The normalized spacial score (nSPS) is 12.0. The highest BCUT2D eigenvalue weighted by Crippen LogP contribution is 2.33. The molecule has 0 saturated carbocycles. The Kier molecular flexibility index (Phi) is 2.61. The minimum atomic E-state index is -4.52. The third-order valence-corrected chi connectivity index (χ3v) is 2.74. The van der Waals surface area contributed by atoms with Crippen molar-refractivity contribution in [3.8, 4) is 0 Å². The quantitative estimate of drug-likeness (QED) is 0.731. The molecule has 0 radical (unpaired) electrons. The molecule has 1 aromatic heterocycles. The van der Waals surface area contributed by atoms with Crippen LogP contribution in [0.25, 0.3) is 11.0 Å². The molecular weight excluding hydrogens is 305 g/mol. The maximum absolute atomic E-state index is 12.5. The first-order valence-electron chi connectivity index (χ1n) is 4.32. The van der Waals surface area contributed by atoms with E-state index < -0.39 is 22.9 Å². The van der Waals surface area contributed by atoms with Crippen LogP contribution in [0.3, 0.4) is 0 Å². The van der Waals surface area contributed by atoms with Gasteiger partial charge < -0.3 is 9.97 Å². The lowest BCUT2D eigenvalue weighted by Gasteiger charge is -2.08. The van der Waals surface area contributed by atoms with Crippen LogP contribution in [0.15, 0.2) is 26.2 Å². The lowest BCUT2D eigenvalue weighted by Crippen LogP contribution is -2.29. The first kappa shape index (κ1) is 11.9. The number of alkyl halides is 3. The highest BCUT2D eigenvalue weighted by atomic mass is 79.9. The van der Waals surface area contributed by atoms with E-state index in [1.165, 1.54) is 0 Å². The number of aromatic nitrogens is 2. The number of halogens is 4. The maximum Gasteiger partial charge on any atom is 0.416 e. The Bertz CT molecular complexity index is 702. The molecule has 1 heterocycles. The van der Waals surface area contributed by atoms with Crippen LogP contribution in [0.4, 0.5) is 13.2 Å². The molecule has 0 aliphatic carbocycles. The standard InChI is InChI=1S/C9H4BrF3N2O2/c10-4-1-3(9(11,12)13)2-5-6(4)15-8(17)7(16)14-5/h1-2H,(H,14,16)(H,15,17). The van der Waals surface area contributed by atoms with E-state index in [9.17, 15) is 22.8 Å². The van der Waals surface area contributed by atoms with Crippen molar-refractivity contribution in [3.63, 3.8) is 0 Å². The van der Waals surface area contributed by atoms with Gasteiger partial charge in [-0.15, -0.1) is 0 Å². The second-order valence-corrected chi connectivity index (χ2v) is 4.14. The molecule has 0 saturated heterocycles. The summed E-state index contributed by atoms with van der Waals surface area (Å²) in [6.45, 7) is 0. The summed E-state index contributed by atoms with van der Waals surface area (Å²) < 4.78 is 37.5. The van der Waals surface area contributed by atoms with Gasteiger partial charge in [0, 0.05) is 4.47 Å². The van der Waals surface area contributed by atoms with Crippen molar-refractivity contribution >= 4 is 27.0 Å². The fourth-order valence-corrected chi connectivity index (χ4v) is 1.90. The summed E-state index contributed by atoms with van der Waals surface area (Å²) in [6, 6.07) is 1.59. The summed E-state index contributed by atoms with van der Waals surface area (Å²) in [7, 11) is 0. The number of aromatic amines is 2. The third-order valence-electron chi connectivity index (χ3n) is 2.11. The average Bonchev–Trinajstić information content (AvgIpc) is 2.19. The molecule has 0 bridgehead atoms. The summed E-state index contributed by atoms with van der Waals surface area (Å²) in [5.74, 6) is 0. The fraction of sp³-hybridized carbons (Fsp3) is 0.111. The highest BCUT2D eigenvalue weighted by molar-refractivity contribution is 9.10. The topological polar surface area (TPSA) is 65.7 Å². The minimum Gasteiger partial charge on any atom is -0.316 e. The van der Waals surface area contributed by atoms with Crippen molar-refractivity contribution in [2.75, 3.05) is 0 Å². The fourth-order valence-electron chi connectivity index (χ4n) is 1.35. The van der Waals surface area contributed by atoms with Crippen LogP contribution in [0.2, 0.25) is 0 Å². The van der Waals surface area contributed by atoms with Gasteiger partial charge in [0.2, 0.25) is 0 Å². The summed E-state index contributed by atoms with van der Waals surface area (Å²) in [5.41, 5.74) is -2.81. The van der Waals surface area contributed by atoms with Gasteiger partial charge in [-0.3, -0.25) is 9.59 Å². The zero-order valence-electron chi connectivity index (χ0n) is 7.98. The molecule has 0 aliphatic rings. The molecule has 8 heteroatoms. The van der Waals surface area contributed by atoms with Crippen molar-refractivity contribution in [3.05, 3.63) is 42.9 Å². The van der Waals surface area contributed by atoms with Crippen molar-refractivity contribution in [2.24, 2.45) is 0 Å². The van der Waals surface area contributed by atoms with Crippen molar-refractivity contribution in [2.45, 2.75) is 6.18 Å². The third kappa shape index (κ3) is 2.12. The molecule has 2 aromatic rings. The summed E-state index contributed by atoms with van der Waals surface area (Å²) in [5, 5.41) is 0. The molecular formula is C9H4BrF3N2O2. The SMILES string of the molecule is O=c1[nH]c2cc(C(F)(F)F)cc(Br)c2[nH]c1=O. The van der Waals surface area contributed by atoms with Crippen LogP contribution in [-0.4, -0.2) is 9.97 Å². The second kappa shape index (κ2) is 3.73. The lowest BCUT2D eigenvalue weighted by atomic mass is 10.2. The molecule has 0 amide bonds. The number of benzene rings is 1. The smallest absolute Gasteiger partial charge is 0.316 e. The van der Waals surface area contributed by atoms with Gasteiger partial charge in [-0.05, 0) is 28.1 Å². The summed E-state index contributed by atoms with van der Waals surface area (Å²) in [4.78, 5) is 26.3. The van der Waals surface area contributed by atoms with E-state index in [0.29, 0.717) is 0 Å². The molecule has 2 N–H and O–H groups in total. The van der Waals surface area contributed by atoms with Crippen molar-refractivity contribution < 1.29 is 13.2 Å². The van der Waals surface area contributed by atoms with Crippen LogP contribution in [-0.2, 0) is 6.18 Å².